The number of morpholine rings is 1. The molecule has 0 spiro atoms. The highest BCUT2D eigenvalue weighted by Crippen LogP contribution is 2.35. The van der Waals surface area contributed by atoms with Gasteiger partial charge >= 0.3 is 6.18 Å². The lowest BCUT2D eigenvalue weighted by Crippen LogP contribution is -2.58. The molecule has 11 nitrogen and oxygen atoms in total. The second-order valence-electron chi connectivity index (χ2n) is 10.5. The molecule has 44 heavy (non-hydrogen) atoms. The summed E-state index contributed by atoms with van der Waals surface area (Å²) in [7, 11) is 0. The lowest BCUT2D eigenvalue weighted by Gasteiger charge is -2.43. The molecule has 1 atom stereocenters. The van der Waals surface area contributed by atoms with Gasteiger partial charge in [0.25, 0.3) is 11.8 Å². The molecule has 5 rings (SSSR count). The van der Waals surface area contributed by atoms with Crippen LogP contribution < -0.4 is 11.1 Å². The minimum absolute atomic E-state index is 0.0850. The number of hydrogen-bond acceptors (Lipinski definition) is 9. The molecule has 2 fully saturated rings. The van der Waals surface area contributed by atoms with Crippen molar-refractivity contribution < 1.29 is 32.6 Å². The Morgan fingerprint density at radius 2 is 1.93 bits per heavy atom. The topological polar surface area (TPSA) is 146 Å². The van der Waals surface area contributed by atoms with Crippen molar-refractivity contribution in [2.24, 2.45) is 15.7 Å². The monoisotopic (exact) mass is 631 g/mol. The van der Waals surface area contributed by atoms with Gasteiger partial charge in [-0.2, -0.15) is 13.2 Å². The molecule has 1 aliphatic carbocycles. The van der Waals surface area contributed by atoms with Crippen LogP contribution in [0.4, 0.5) is 19.0 Å². The highest BCUT2D eigenvalue weighted by atomic mass is 35.5. The van der Waals surface area contributed by atoms with E-state index in [0.29, 0.717) is 30.6 Å². The van der Waals surface area contributed by atoms with E-state index < -0.39 is 29.4 Å². The van der Waals surface area contributed by atoms with E-state index in [9.17, 15) is 27.9 Å². The second kappa shape index (κ2) is 12.4. The molecule has 1 saturated carbocycles. The number of rotatable bonds is 7. The van der Waals surface area contributed by atoms with Crippen molar-refractivity contribution in [1.82, 2.24) is 14.8 Å². The molecule has 1 unspecified atom stereocenters. The molecule has 3 heterocycles. The Balaban J connectivity index is 1.35. The fraction of sp³-hybridized carbons (Fsp3) is 0.345. The average Bonchev–Trinajstić information content (AvgIpc) is 2.99. The number of nitrogens with zero attached hydrogens (tertiary/aromatic N) is 5. The molecule has 2 aliphatic heterocycles. The van der Waals surface area contributed by atoms with Crippen LogP contribution in [0, 0.1) is 0 Å². The number of alkyl halides is 3. The van der Waals surface area contributed by atoms with Crippen LogP contribution in [0.2, 0.25) is 0 Å². The Hall–Kier alpha value is -4.27. The summed E-state index contributed by atoms with van der Waals surface area (Å²) in [6.07, 6.45) is -1.06. The number of aliphatic imine (C=N–C) groups is 2. The Morgan fingerprint density at radius 3 is 2.57 bits per heavy atom. The molecule has 232 valence electrons. The van der Waals surface area contributed by atoms with Crippen LogP contribution in [-0.4, -0.2) is 82.2 Å². The minimum atomic E-state index is -4.58. The summed E-state index contributed by atoms with van der Waals surface area (Å²) < 4.78 is 45.0. The Labute approximate surface area is 255 Å². The van der Waals surface area contributed by atoms with E-state index in [2.05, 4.69) is 27.0 Å². The van der Waals surface area contributed by atoms with Crippen molar-refractivity contribution in [2.75, 3.05) is 31.6 Å². The van der Waals surface area contributed by atoms with Crippen LogP contribution in [0.5, 0.6) is 0 Å². The number of aliphatic hydroxyl groups is 1. The number of ether oxygens (including phenoxy) is 1. The number of anilines is 1. The SMILES string of the molecule is C=N/C(=C1/C(N)=NC=C(Cl)N1CC1CN(C(=O)C2(O)CCC2)CCO1)c1ccc(C(=O)Nc2cc(C(F)(F)F)ccn2)cc1. The molecule has 15 heteroatoms. The number of nitrogens with one attached hydrogen (secondary N) is 1. The van der Waals surface area contributed by atoms with Crippen LogP contribution >= 0.6 is 11.6 Å². The van der Waals surface area contributed by atoms with E-state index in [1.807, 2.05) is 0 Å². The number of carbonyl (C=O) groups is 2. The molecular weight excluding hydrogens is 603 g/mol. The third-order valence-corrected chi connectivity index (χ3v) is 7.91. The minimum Gasteiger partial charge on any atom is -0.382 e. The van der Waals surface area contributed by atoms with E-state index in [1.54, 1.807) is 21.9 Å². The van der Waals surface area contributed by atoms with Crippen molar-refractivity contribution >= 4 is 47.5 Å². The lowest BCUT2D eigenvalue weighted by molar-refractivity contribution is -0.167. The maximum atomic E-state index is 13.0. The van der Waals surface area contributed by atoms with Gasteiger partial charge in [-0.05, 0) is 50.2 Å². The molecule has 3 aliphatic rings. The van der Waals surface area contributed by atoms with Gasteiger partial charge in [-0.1, -0.05) is 23.7 Å². The van der Waals surface area contributed by atoms with Gasteiger partial charge in [-0.3, -0.25) is 14.6 Å². The third kappa shape index (κ3) is 6.47. The first-order valence-electron chi connectivity index (χ1n) is 13.7. The number of pyridine rings is 1. The Kier molecular flexibility index (Phi) is 8.77. The summed E-state index contributed by atoms with van der Waals surface area (Å²) in [6.45, 7) is 4.71. The maximum Gasteiger partial charge on any atom is 0.416 e. The predicted molar refractivity (Wildman–Crippen MR) is 157 cm³/mol. The van der Waals surface area contributed by atoms with Gasteiger partial charge in [0.15, 0.2) is 0 Å². The number of hydrogen-bond donors (Lipinski definition) is 3. The van der Waals surface area contributed by atoms with Crippen molar-refractivity contribution in [3.8, 4) is 0 Å². The predicted octanol–water partition coefficient (Wildman–Crippen LogP) is 3.57. The van der Waals surface area contributed by atoms with E-state index in [4.69, 9.17) is 22.1 Å². The summed E-state index contributed by atoms with van der Waals surface area (Å²) in [5, 5.41) is 13.1. The molecule has 0 radical (unpaired) electrons. The molecular formula is C29H29ClF3N7O4. The highest BCUT2D eigenvalue weighted by molar-refractivity contribution is 6.30. The first-order valence-corrected chi connectivity index (χ1v) is 14.0. The summed E-state index contributed by atoms with van der Waals surface area (Å²) in [5.74, 6) is -1.15. The third-order valence-electron chi connectivity index (χ3n) is 7.60. The molecule has 4 N–H and O–H groups in total. The van der Waals surface area contributed by atoms with Crippen LogP contribution in [0.1, 0.15) is 40.7 Å². The first-order chi connectivity index (χ1) is 20.9. The van der Waals surface area contributed by atoms with Gasteiger partial charge in [0.05, 0.1) is 36.7 Å². The highest BCUT2D eigenvalue weighted by Gasteiger charge is 2.45. The van der Waals surface area contributed by atoms with Crippen molar-refractivity contribution in [3.63, 3.8) is 0 Å². The molecule has 1 aromatic heterocycles. The largest absolute Gasteiger partial charge is 0.416 e. The van der Waals surface area contributed by atoms with Crippen LogP contribution in [-0.2, 0) is 15.7 Å². The van der Waals surface area contributed by atoms with E-state index in [1.165, 1.54) is 18.3 Å². The van der Waals surface area contributed by atoms with Gasteiger partial charge in [-0.15, -0.1) is 0 Å². The average molecular weight is 632 g/mol. The van der Waals surface area contributed by atoms with Crippen molar-refractivity contribution in [2.45, 2.75) is 37.1 Å². The fourth-order valence-electron chi connectivity index (χ4n) is 5.11. The second-order valence-corrected chi connectivity index (χ2v) is 10.9. The summed E-state index contributed by atoms with van der Waals surface area (Å²) in [5.41, 5.74) is 5.28. The molecule has 1 saturated heterocycles. The molecule has 0 bridgehead atoms. The maximum absolute atomic E-state index is 13.0. The number of amidine groups is 1. The Morgan fingerprint density at radius 1 is 1.23 bits per heavy atom. The zero-order chi connectivity index (χ0) is 31.6. The summed E-state index contributed by atoms with van der Waals surface area (Å²) >= 11 is 6.56. The number of halogens is 4. The van der Waals surface area contributed by atoms with E-state index in [-0.39, 0.29) is 53.7 Å². The van der Waals surface area contributed by atoms with Gasteiger partial charge < -0.3 is 30.7 Å². The summed E-state index contributed by atoms with van der Waals surface area (Å²) in [6, 6.07) is 7.61. The van der Waals surface area contributed by atoms with Gasteiger partial charge in [0, 0.05) is 30.4 Å². The molecule has 2 amide bonds. The standard InChI is InChI=1S/C29H29ClF3N7O4/c1-35-23(17-3-5-18(6-4-17)26(41)38-22-13-19(7-10-36-22)29(31,32)33)24-25(34)37-14-21(30)40(24)16-20-15-39(11-12-44-20)27(42)28(43)8-2-9-28/h3-7,10,13-14,20,43H,1-2,8-9,11-12,15-16H2,(H2,34,37)(H,36,38,41)/b24-23-. The van der Waals surface area contributed by atoms with Gasteiger partial charge in [0.1, 0.15) is 28.1 Å². The van der Waals surface area contributed by atoms with Gasteiger partial charge in [-0.25, -0.2) is 9.98 Å². The number of benzene rings is 1. The lowest BCUT2D eigenvalue weighted by atomic mass is 9.79. The smallest absolute Gasteiger partial charge is 0.382 e. The number of aromatic nitrogens is 1. The zero-order valence-corrected chi connectivity index (χ0v) is 24.1. The Bertz CT molecular complexity index is 1550. The summed E-state index contributed by atoms with van der Waals surface area (Å²) in [4.78, 5) is 41.0. The number of carbonyl (C=O) groups excluding carboxylic acids is 2. The first kappa shape index (κ1) is 31.2. The normalized spacial score (nSPS) is 21.1. The zero-order valence-electron chi connectivity index (χ0n) is 23.4. The van der Waals surface area contributed by atoms with Crippen molar-refractivity contribution in [1.29, 1.82) is 0 Å². The molecule has 2 aromatic rings. The molecule has 1 aromatic carbocycles. The van der Waals surface area contributed by atoms with Crippen LogP contribution in [0.3, 0.4) is 0 Å². The number of nitrogens with two attached hydrogens (primary N) is 1. The van der Waals surface area contributed by atoms with Gasteiger partial charge in [0.2, 0.25) is 0 Å². The quantitative estimate of drug-likeness (QED) is 0.313. The van der Waals surface area contributed by atoms with E-state index in [0.717, 1.165) is 24.8 Å². The van der Waals surface area contributed by atoms with Crippen LogP contribution in [0.25, 0.3) is 5.70 Å². The fourth-order valence-corrected chi connectivity index (χ4v) is 5.31. The van der Waals surface area contributed by atoms with E-state index >= 15 is 0 Å². The van der Waals surface area contributed by atoms with Crippen LogP contribution in [0.15, 0.2) is 69.6 Å². The number of amides is 2. The van der Waals surface area contributed by atoms with Crippen molar-refractivity contribution in [3.05, 3.63) is 76.3 Å².